The highest BCUT2D eigenvalue weighted by Crippen LogP contribution is 2.24. The van der Waals surface area contributed by atoms with Crippen molar-refractivity contribution in [2.75, 3.05) is 0 Å². The molecule has 0 saturated heterocycles. The summed E-state index contributed by atoms with van der Waals surface area (Å²) >= 11 is 0. The van der Waals surface area contributed by atoms with Crippen molar-refractivity contribution < 1.29 is 4.39 Å². The zero-order valence-corrected chi connectivity index (χ0v) is 17.8. The van der Waals surface area contributed by atoms with E-state index in [-0.39, 0.29) is 5.82 Å². The number of halogens is 1. The van der Waals surface area contributed by atoms with E-state index < -0.39 is 0 Å². The lowest BCUT2D eigenvalue weighted by Gasteiger charge is -2.06. The Hall–Kier alpha value is -3.29. The van der Waals surface area contributed by atoms with Crippen molar-refractivity contribution in [1.29, 1.82) is 0 Å². The molecule has 0 aliphatic heterocycles. The van der Waals surface area contributed by atoms with Gasteiger partial charge in [0.05, 0.1) is 0 Å². The minimum absolute atomic E-state index is 0.242. The van der Waals surface area contributed by atoms with Crippen LogP contribution in [0.4, 0.5) is 4.39 Å². The van der Waals surface area contributed by atoms with Crippen LogP contribution < -0.4 is 0 Å². The largest absolute Gasteiger partial charge is 0.206 e. The third kappa shape index (κ3) is 6.10. The van der Waals surface area contributed by atoms with E-state index in [4.69, 9.17) is 0 Å². The summed E-state index contributed by atoms with van der Waals surface area (Å²) in [4.78, 5) is 0. The summed E-state index contributed by atoms with van der Waals surface area (Å²) in [6, 6.07) is 21.5. The molecule has 1 heteroatoms. The van der Waals surface area contributed by atoms with Crippen LogP contribution >= 0.6 is 0 Å². The van der Waals surface area contributed by atoms with E-state index in [0.29, 0.717) is 11.1 Å². The number of rotatable bonds is 6. The minimum atomic E-state index is -0.242. The Morgan fingerprint density at radius 2 is 1.43 bits per heavy atom. The van der Waals surface area contributed by atoms with E-state index in [1.807, 2.05) is 55.5 Å². The topological polar surface area (TPSA) is 0 Å². The van der Waals surface area contributed by atoms with Gasteiger partial charge in [-0.25, -0.2) is 4.39 Å². The molecule has 3 aromatic carbocycles. The van der Waals surface area contributed by atoms with E-state index in [9.17, 15) is 4.39 Å². The molecule has 3 aromatic rings. The normalized spacial score (nSPS) is 9.97. The average Bonchev–Trinajstić information content (AvgIpc) is 2.78. The van der Waals surface area contributed by atoms with Gasteiger partial charge in [-0.2, -0.15) is 0 Å². The number of benzene rings is 3. The second kappa shape index (κ2) is 11.0. The van der Waals surface area contributed by atoms with Gasteiger partial charge in [0.2, 0.25) is 0 Å². The van der Waals surface area contributed by atoms with Crippen LogP contribution in [-0.4, -0.2) is 0 Å². The Kier molecular flexibility index (Phi) is 7.88. The molecule has 0 aliphatic carbocycles. The Morgan fingerprint density at radius 3 is 2.10 bits per heavy atom. The number of hydrogen-bond acceptors (Lipinski definition) is 0. The smallest absolute Gasteiger partial charge is 0.132 e. The summed E-state index contributed by atoms with van der Waals surface area (Å²) in [6.45, 7) is 4.05. The summed E-state index contributed by atoms with van der Waals surface area (Å²) in [5, 5.41) is 0. The fraction of sp³-hybridized carbons (Fsp3) is 0.241. The van der Waals surface area contributed by atoms with Gasteiger partial charge in [-0.3, -0.25) is 0 Å². The molecule has 0 atom stereocenters. The second-order valence-corrected chi connectivity index (χ2v) is 7.40. The monoisotopic (exact) mass is 394 g/mol. The Balaban J connectivity index is 1.69. The van der Waals surface area contributed by atoms with Crippen LogP contribution in [0.1, 0.15) is 55.4 Å². The first-order chi connectivity index (χ1) is 14.7. The lowest BCUT2D eigenvalue weighted by molar-refractivity contribution is 0.631. The summed E-state index contributed by atoms with van der Waals surface area (Å²) < 4.78 is 14.7. The zero-order chi connectivity index (χ0) is 21.2. The van der Waals surface area contributed by atoms with Crippen molar-refractivity contribution in [3.63, 3.8) is 0 Å². The molecule has 0 saturated carbocycles. The van der Waals surface area contributed by atoms with E-state index in [1.165, 1.54) is 36.5 Å². The summed E-state index contributed by atoms with van der Waals surface area (Å²) in [6.07, 6.45) is 5.50. The SMILES string of the molecule is CC#CCc1ccc(C#Cc2ccc(-c3ccc(CCCCC)cc3)c(F)c2)cc1. The Morgan fingerprint density at radius 1 is 0.767 bits per heavy atom. The first kappa shape index (κ1) is 21.4. The van der Waals surface area contributed by atoms with Crippen LogP contribution in [0.2, 0.25) is 0 Å². The molecule has 0 bridgehead atoms. The molecule has 0 amide bonds. The van der Waals surface area contributed by atoms with E-state index in [0.717, 1.165) is 24.0 Å². The molecule has 0 nitrogen and oxygen atoms in total. The molecule has 30 heavy (non-hydrogen) atoms. The third-order valence-corrected chi connectivity index (χ3v) is 5.08. The highest BCUT2D eigenvalue weighted by Gasteiger charge is 2.06. The number of unbranched alkanes of at least 4 members (excludes halogenated alkanes) is 2. The van der Waals surface area contributed by atoms with Crippen LogP contribution in [0.3, 0.4) is 0 Å². The van der Waals surface area contributed by atoms with Gasteiger partial charge in [0.15, 0.2) is 0 Å². The molecule has 0 N–H and O–H groups in total. The van der Waals surface area contributed by atoms with E-state index in [1.54, 1.807) is 0 Å². The van der Waals surface area contributed by atoms with Crippen molar-refractivity contribution in [3.05, 3.63) is 94.8 Å². The molecular weight excluding hydrogens is 367 g/mol. The quantitative estimate of drug-likeness (QED) is 0.306. The molecule has 0 aliphatic rings. The summed E-state index contributed by atoms with van der Waals surface area (Å²) in [5.41, 5.74) is 5.57. The van der Waals surface area contributed by atoms with Gasteiger partial charge >= 0.3 is 0 Å². The Labute approximate surface area is 180 Å². The summed E-state index contributed by atoms with van der Waals surface area (Å²) in [7, 11) is 0. The molecular formula is C29H27F. The average molecular weight is 395 g/mol. The standard InChI is InChI=1S/C29H27F/c1-3-5-7-9-24-16-19-27(20-17-24)28-21-18-26(22-29(28)30)15-14-25-12-10-23(11-13-25)8-6-4-2/h10-13,16-22H,3,5,7-9H2,1-2H3. The van der Waals surface area contributed by atoms with Gasteiger partial charge in [0, 0.05) is 23.1 Å². The number of aryl methyl sites for hydroxylation is 1. The third-order valence-electron chi connectivity index (χ3n) is 5.08. The number of hydrogen-bond donors (Lipinski definition) is 0. The maximum Gasteiger partial charge on any atom is 0.132 e. The lowest BCUT2D eigenvalue weighted by atomic mass is 10.00. The van der Waals surface area contributed by atoms with Crippen LogP contribution in [0.5, 0.6) is 0 Å². The predicted octanol–water partition coefficient (Wildman–Crippen LogP) is 7.19. The van der Waals surface area contributed by atoms with Crippen molar-refractivity contribution in [3.8, 4) is 34.8 Å². The predicted molar refractivity (Wildman–Crippen MR) is 125 cm³/mol. The highest BCUT2D eigenvalue weighted by atomic mass is 19.1. The first-order valence-electron chi connectivity index (χ1n) is 10.6. The second-order valence-electron chi connectivity index (χ2n) is 7.40. The van der Waals surface area contributed by atoms with Crippen molar-refractivity contribution >= 4 is 0 Å². The molecule has 0 heterocycles. The lowest BCUT2D eigenvalue weighted by Crippen LogP contribution is -1.89. The molecule has 0 radical (unpaired) electrons. The van der Waals surface area contributed by atoms with Gasteiger partial charge in [-0.15, -0.1) is 5.92 Å². The van der Waals surface area contributed by atoms with Gasteiger partial charge < -0.3 is 0 Å². The first-order valence-corrected chi connectivity index (χ1v) is 10.6. The molecule has 0 spiro atoms. The molecule has 0 aromatic heterocycles. The molecule has 150 valence electrons. The van der Waals surface area contributed by atoms with Gasteiger partial charge in [-0.05, 0) is 60.7 Å². The van der Waals surface area contributed by atoms with Crippen LogP contribution in [-0.2, 0) is 12.8 Å². The molecule has 0 unspecified atom stereocenters. The van der Waals surface area contributed by atoms with Crippen molar-refractivity contribution in [2.24, 2.45) is 0 Å². The summed E-state index contributed by atoms with van der Waals surface area (Å²) in [5.74, 6) is 11.9. The van der Waals surface area contributed by atoms with Gasteiger partial charge in [0.25, 0.3) is 0 Å². The van der Waals surface area contributed by atoms with Crippen LogP contribution in [0, 0.1) is 29.5 Å². The van der Waals surface area contributed by atoms with Crippen LogP contribution in [0.15, 0.2) is 66.7 Å². The molecule has 3 rings (SSSR count). The fourth-order valence-electron chi connectivity index (χ4n) is 3.30. The van der Waals surface area contributed by atoms with Crippen molar-refractivity contribution in [2.45, 2.75) is 46.0 Å². The minimum Gasteiger partial charge on any atom is -0.206 e. The maximum atomic E-state index is 14.7. The zero-order valence-electron chi connectivity index (χ0n) is 17.8. The van der Waals surface area contributed by atoms with E-state index >= 15 is 0 Å². The maximum absolute atomic E-state index is 14.7. The Bertz CT molecular complexity index is 1080. The highest BCUT2D eigenvalue weighted by molar-refractivity contribution is 5.65. The van der Waals surface area contributed by atoms with Gasteiger partial charge in [-0.1, -0.05) is 80.0 Å². The van der Waals surface area contributed by atoms with Crippen LogP contribution in [0.25, 0.3) is 11.1 Å². The molecule has 0 fully saturated rings. The van der Waals surface area contributed by atoms with Gasteiger partial charge in [0.1, 0.15) is 5.82 Å². The van der Waals surface area contributed by atoms with E-state index in [2.05, 4.69) is 42.7 Å². The fourth-order valence-corrected chi connectivity index (χ4v) is 3.30. The van der Waals surface area contributed by atoms with Crippen molar-refractivity contribution in [1.82, 2.24) is 0 Å².